The predicted molar refractivity (Wildman–Crippen MR) is 73.8 cm³/mol. The van der Waals surface area contributed by atoms with Gasteiger partial charge < -0.3 is 9.52 Å². The van der Waals surface area contributed by atoms with E-state index in [0.717, 1.165) is 23.9 Å². The molecule has 1 aliphatic rings. The number of aliphatic hydroxyl groups excluding tert-OH is 1. The molecule has 6 heteroatoms. The molecule has 1 saturated heterocycles. The zero-order valence-electron chi connectivity index (χ0n) is 11.0. The molecule has 2 heterocycles. The van der Waals surface area contributed by atoms with Crippen molar-refractivity contribution in [1.82, 2.24) is 10.3 Å². The number of carbonyl (C=O) groups is 1. The number of rotatable bonds is 3. The maximum atomic E-state index is 11.8. The summed E-state index contributed by atoms with van der Waals surface area (Å²) in [6.45, 7) is 1.99. The number of nitrogens with two attached hydrogens (primary N) is 1. The number of benzene rings is 1. The van der Waals surface area contributed by atoms with Gasteiger partial charge in [0.1, 0.15) is 5.58 Å². The Bertz CT molecular complexity index is 638. The van der Waals surface area contributed by atoms with Gasteiger partial charge in [-0.1, -0.05) is 18.2 Å². The van der Waals surface area contributed by atoms with Crippen molar-refractivity contribution in [3.63, 3.8) is 0 Å². The number of hydrazine groups is 1. The first-order valence-electron chi connectivity index (χ1n) is 6.61. The molecule has 1 amide bonds. The second-order valence-corrected chi connectivity index (χ2v) is 5.06. The van der Waals surface area contributed by atoms with Gasteiger partial charge in [-0.15, -0.1) is 0 Å². The number of furan rings is 1. The number of para-hydroxylation sites is 1. The molecule has 1 aliphatic heterocycles. The summed E-state index contributed by atoms with van der Waals surface area (Å²) in [6.07, 6.45) is 0.466. The molecule has 20 heavy (non-hydrogen) atoms. The van der Waals surface area contributed by atoms with Crippen molar-refractivity contribution in [1.29, 1.82) is 0 Å². The van der Waals surface area contributed by atoms with Crippen molar-refractivity contribution in [3.05, 3.63) is 35.6 Å². The van der Waals surface area contributed by atoms with Crippen LogP contribution in [0.5, 0.6) is 0 Å². The van der Waals surface area contributed by atoms with Gasteiger partial charge in [0, 0.05) is 30.6 Å². The fourth-order valence-electron chi connectivity index (χ4n) is 2.68. The van der Waals surface area contributed by atoms with E-state index in [0.29, 0.717) is 18.7 Å². The van der Waals surface area contributed by atoms with E-state index in [-0.39, 0.29) is 11.9 Å². The summed E-state index contributed by atoms with van der Waals surface area (Å²) in [5.74, 6) is 5.02. The summed E-state index contributed by atoms with van der Waals surface area (Å²) in [5.41, 5.74) is 3.60. The standard InChI is InChI=1S/C14H17N3O3/c15-16-14(19)13-11(8-17-6-5-9(18)7-17)10-3-1-2-4-12(10)20-13/h1-4,9,18H,5-8,15H2,(H,16,19). The van der Waals surface area contributed by atoms with Crippen LogP contribution in [-0.2, 0) is 6.54 Å². The number of fused-ring (bicyclic) bond motifs is 1. The monoisotopic (exact) mass is 275 g/mol. The number of hydrogen-bond acceptors (Lipinski definition) is 5. The van der Waals surface area contributed by atoms with Gasteiger partial charge in [0.15, 0.2) is 5.76 Å². The lowest BCUT2D eigenvalue weighted by molar-refractivity contribution is 0.0925. The Kier molecular flexibility index (Phi) is 3.43. The zero-order chi connectivity index (χ0) is 14.1. The van der Waals surface area contributed by atoms with Gasteiger partial charge in [0.25, 0.3) is 0 Å². The van der Waals surface area contributed by atoms with Crippen LogP contribution in [0, 0.1) is 0 Å². The van der Waals surface area contributed by atoms with Gasteiger partial charge in [-0.25, -0.2) is 5.84 Å². The van der Waals surface area contributed by atoms with Gasteiger partial charge in [-0.2, -0.15) is 0 Å². The van der Waals surface area contributed by atoms with Crippen molar-refractivity contribution in [2.75, 3.05) is 13.1 Å². The Morgan fingerprint density at radius 3 is 3.00 bits per heavy atom. The summed E-state index contributed by atoms with van der Waals surface area (Å²) in [5, 5.41) is 10.5. The van der Waals surface area contributed by atoms with Crippen molar-refractivity contribution in [2.24, 2.45) is 5.84 Å². The number of aliphatic hydroxyl groups is 1. The van der Waals surface area contributed by atoms with Crippen LogP contribution in [-0.4, -0.2) is 35.1 Å². The van der Waals surface area contributed by atoms with Crippen molar-refractivity contribution < 1.29 is 14.3 Å². The van der Waals surface area contributed by atoms with Crippen molar-refractivity contribution in [2.45, 2.75) is 19.1 Å². The second-order valence-electron chi connectivity index (χ2n) is 5.06. The highest BCUT2D eigenvalue weighted by molar-refractivity contribution is 5.98. The maximum absolute atomic E-state index is 11.8. The average molecular weight is 275 g/mol. The van der Waals surface area contributed by atoms with Crippen molar-refractivity contribution in [3.8, 4) is 0 Å². The number of likely N-dealkylation sites (tertiary alicyclic amines) is 1. The lowest BCUT2D eigenvalue weighted by atomic mass is 10.1. The van der Waals surface area contributed by atoms with Gasteiger partial charge in [-0.3, -0.25) is 15.1 Å². The lowest BCUT2D eigenvalue weighted by Crippen LogP contribution is -2.31. The number of nitrogens with one attached hydrogen (secondary N) is 1. The van der Waals surface area contributed by atoms with Crippen LogP contribution in [0.15, 0.2) is 28.7 Å². The van der Waals surface area contributed by atoms with E-state index in [9.17, 15) is 9.90 Å². The third-order valence-electron chi connectivity index (χ3n) is 3.66. The molecule has 2 aromatic rings. The zero-order valence-corrected chi connectivity index (χ0v) is 11.0. The number of nitrogens with zero attached hydrogens (tertiary/aromatic N) is 1. The number of β-amino-alcohol motifs (C(OH)–C–C–N with tert-alkyl or cyclic N) is 1. The minimum absolute atomic E-state index is 0.245. The molecule has 1 unspecified atom stereocenters. The molecular formula is C14H17N3O3. The van der Waals surface area contributed by atoms with E-state index in [4.69, 9.17) is 10.3 Å². The molecule has 1 fully saturated rings. The normalized spacial score (nSPS) is 19.6. The molecule has 1 aromatic heterocycles. The second kappa shape index (κ2) is 5.24. The fraction of sp³-hybridized carbons (Fsp3) is 0.357. The highest BCUT2D eigenvalue weighted by Crippen LogP contribution is 2.28. The molecule has 0 spiro atoms. The molecule has 0 saturated carbocycles. The minimum atomic E-state index is -0.434. The SMILES string of the molecule is NNC(=O)c1oc2ccccc2c1CN1CCC(O)C1. The van der Waals surface area contributed by atoms with Crippen molar-refractivity contribution >= 4 is 16.9 Å². The number of carbonyl (C=O) groups excluding carboxylic acids is 1. The van der Waals surface area contributed by atoms with E-state index in [1.807, 2.05) is 24.3 Å². The summed E-state index contributed by atoms with van der Waals surface area (Å²) in [6, 6.07) is 7.52. The van der Waals surface area contributed by atoms with E-state index >= 15 is 0 Å². The topological polar surface area (TPSA) is 91.7 Å². The van der Waals surface area contributed by atoms with Crippen LogP contribution >= 0.6 is 0 Å². The Balaban J connectivity index is 2.00. The van der Waals surface area contributed by atoms with Crippen LogP contribution < -0.4 is 11.3 Å². The van der Waals surface area contributed by atoms with E-state index in [2.05, 4.69) is 10.3 Å². The molecular weight excluding hydrogens is 258 g/mol. The molecule has 6 nitrogen and oxygen atoms in total. The number of nitrogen functional groups attached to an aromatic ring is 1. The Morgan fingerprint density at radius 1 is 1.50 bits per heavy atom. The Labute approximate surface area is 116 Å². The highest BCUT2D eigenvalue weighted by atomic mass is 16.3. The van der Waals surface area contributed by atoms with Crippen LogP contribution in [0.2, 0.25) is 0 Å². The number of hydrogen-bond donors (Lipinski definition) is 3. The van der Waals surface area contributed by atoms with E-state index < -0.39 is 5.91 Å². The van der Waals surface area contributed by atoms with E-state index in [1.165, 1.54) is 0 Å². The summed E-state index contributed by atoms with van der Waals surface area (Å²) < 4.78 is 5.61. The summed E-state index contributed by atoms with van der Waals surface area (Å²) in [7, 11) is 0. The van der Waals surface area contributed by atoms with Crippen LogP contribution in [0.25, 0.3) is 11.0 Å². The molecule has 1 atom stereocenters. The van der Waals surface area contributed by atoms with Crippen LogP contribution in [0.3, 0.4) is 0 Å². The molecule has 1 aromatic carbocycles. The molecule has 106 valence electrons. The third-order valence-corrected chi connectivity index (χ3v) is 3.66. The Morgan fingerprint density at radius 2 is 2.30 bits per heavy atom. The summed E-state index contributed by atoms with van der Waals surface area (Å²) >= 11 is 0. The Hall–Kier alpha value is -1.89. The highest BCUT2D eigenvalue weighted by Gasteiger charge is 2.25. The smallest absolute Gasteiger partial charge is 0.301 e. The van der Waals surface area contributed by atoms with Gasteiger partial charge in [0.2, 0.25) is 0 Å². The molecule has 4 N–H and O–H groups in total. The van der Waals surface area contributed by atoms with E-state index in [1.54, 1.807) is 0 Å². The molecule has 0 aliphatic carbocycles. The fourth-order valence-corrected chi connectivity index (χ4v) is 2.68. The quantitative estimate of drug-likeness (QED) is 0.433. The summed E-state index contributed by atoms with van der Waals surface area (Å²) in [4.78, 5) is 14.0. The van der Waals surface area contributed by atoms with Gasteiger partial charge >= 0.3 is 5.91 Å². The average Bonchev–Trinajstić information content (AvgIpc) is 3.03. The van der Waals surface area contributed by atoms with Gasteiger partial charge in [0.05, 0.1) is 6.10 Å². The predicted octanol–water partition coefficient (Wildman–Crippen LogP) is 0.603. The van der Waals surface area contributed by atoms with Gasteiger partial charge in [-0.05, 0) is 12.5 Å². The lowest BCUT2D eigenvalue weighted by Gasteiger charge is -2.14. The largest absolute Gasteiger partial charge is 0.451 e. The molecule has 0 bridgehead atoms. The third kappa shape index (κ3) is 2.29. The first-order valence-corrected chi connectivity index (χ1v) is 6.61. The number of amides is 1. The minimum Gasteiger partial charge on any atom is -0.451 e. The van der Waals surface area contributed by atoms with Crippen LogP contribution in [0.1, 0.15) is 22.5 Å². The maximum Gasteiger partial charge on any atom is 0.301 e. The first-order chi connectivity index (χ1) is 9.69. The first kappa shape index (κ1) is 13.1. The molecule has 3 rings (SSSR count). The molecule has 0 radical (unpaired) electrons. The van der Waals surface area contributed by atoms with Crippen LogP contribution in [0.4, 0.5) is 0 Å².